The number of hydrogen-bond acceptors (Lipinski definition) is 6. The maximum Gasteiger partial charge on any atom is 0.276 e. The average molecular weight is 489 g/mol. The summed E-state index contributed by atoms with van der Waals surface area (Å²) < 4.78 is 28.0. The second-order valence-corrected chi connectivity index (χ2v) is 9.71. The monoisotopic (exact) mass is 488 g/mol. The minimum absolute atomic E-state index is 0.0283. The van der Waals surface area contributed by atoms with Gasteiger partial charge in [0.2, 0.25) is 15.9 Å². The van der Waals surface area contributed by atoms with E-state index in [9.17, 15) is 18.0 Å². The van der Waals surface area contributed by atoms with Crippen molar-refractivity contribution >= 4 is 39.1 Å². The lowest BCUT2D eigenvalue weighted by Crippen LogP contribution is -2.41. The van der Waals surface area contributed by atoms with Gasteiger partial charge in [-0.05, 0) is 61.4 Å². The van der Waals surface area contributed by atoms with Crippen molar-refractivity contribution in [2.45, 2.75) is 17.7 Å². The van der Waals surface area contributed by atoms with Gasteiger partial charge in [0.15, 0.2) is 11.5 Å². The number of rotatable bonds is 5. The Hall–Kier alpha value is -3.21. The average Bonchev–Trinajstić information content (AvgIpc) is 3.29. The Bertz CT molecular complexity index is 1260. The fourth-order valence-corrected chi connectivity index (χ4v) is 4.25. The van der Waals surface area contributed by atoms with E-state index in [0.717, 1.165) is 5.56 Å². The minimum atomic E-state index is -3.79. The Labute approximate surface area is 195 Å². The van der Waals surface area contributed by atoms with Crippen LogP contribution in [0.2, 0.25) is 5.02 Å². The molecule has 0 unspecified atom stereocenters. The number of amides is 2. The first kappa shape index (κ1) is 23.0. The van der Waals surface area contributed by atoms with Crippen molar-refractivity contribution < 1.29 is 22.5 Å². The summed E-state index contributed by atoms with van der Waals surface area (Å²) in [4.78, 5) is 27.0. The second kappa shape index (κ2) is 9.34. The first-order chi connectivity index (χ1) is 15.7. The number of halogens is 1. The van der Waals surface area contributed by atoms with Crippen molar-refractivity contribution in [2.24, 2.45) is 11.1 Å². The molecule has 172 valence electrons. The summed E-state index contributed by atoms with van der Waals surface area (Å²) >= 11 is 5.90. The van der Waals surface area contributed by atoms with E-state index in [1.165, 1.54) is 24.3 Å². The fraction of sp³-hybridized carbons (Fsp3) is 0.227. The molecule has 3 N–H and O–H groups in total. The molecule has 1 fully saturated rings. The molecule has 11 heteroatoms. The number of nitrogens with one attached hydrogen (secondary N) is 1. The summed E-state index contributed by atoms with van der Waals surface area (Å²) in [5.74, 6) is -0.236. The van der Waals surface area contributed by atoms with Gasteiger partial charge in [0.05, 0.1) is 4.90 Å². The molecule has 9 nitrogen and oxygen atoms in total. The van der Waals surface area contributed by atoms with Gasteiger partial charge in [-0.15, -0.1) is 0 Å². The number of carbonyl (C=O) groups excluding carboxylic acids is 2. The smallest absolute Gasteiger partial charge is 0.276 e. The van der Waals surface area contributed by atoms with Gasteiger partial charge in [-0.2, -0.15) is 0 Å². The summed E-state index contributed by atoms with van der Waals surface area (Å²) in [6.07, 6.45) is 0.990. The third kappa shape index (κ3) is 5.41. The molecule has 1 saturated heterocycles. The van der Waals surface area contributed by atoms with E-state index in [2.05, 4.69) is 10.5 Å². The Kier molecular flexibility index (Phi) is 6.50. The summed E-state index contributed by atoms with van der Waals surface area (Å²) in [6, 6.07) is 14.3. The molecule has 0 bridgehead atoms. The Morgan fingerprint density at radius 2 is 1.70 bits per heavy atom. The predicted molar refractivity (Wildman–Crippen MR) is 122 cm³/mol. The zero-order chi connectivity index (χ0) is 23.6. The lowest BCUT2D eigenvalue weighted by Gasteiger charge is -2.30. The van der Waals surface area contributed by atoms with E-state index in [1.54, 1.807) is 35.2 Å². The molecule has 0 radical (unpaired) electrons. The molecule has 0 spiro atoms. The van der Waals surface area contributed by atoms with Crippen molar-refractivity contribution in [1.82, 2.24) is 10.1 Å². The van der Waals surface area contributed by atoms with E-state index >= 15 is 0 Å². The minimum Gasteiger partial charge on any atom is -0.355 e. The number of likely N-dealkylation sites (tertiary alicyclic amines) is 1. The van der Waals surface area contributed by atoms with Crippen LogP contribution in [-0.2, 0) is 14.8 Å². The third-order valence-corrected chi connectivity index (χ3v) is 6.64. The number of primary sulfonamides is 1. The quantitative estimate of drug-likeness (QED) is 0.566. The number of benzene rings is 2. The molecule has 1 aliphatic heterocycles. The van der Waals surface area contributed by atoms with Crippen LogP contribution in [-0.4, -0.2) is 43.4 Å². The van der Waals surface area contributed by atoms with Crippen molar-refractivity contribution in [2.75, 3.05) is 18.4 Å². The van der Waals surface area contributed by atoms with E-state index in [1.807, 2.05) is 0 Å². The van der Waals surface area contributed by atoms with Gasteiger partial charge >= 0.3 is 0 Å². The Morgan fingerprint density at radius 1 is 1.06 bits per heavy atom. The van der Waals surface area contributed by atoms with Crippen LogP contribution < -0.4 is 10.5 Å². The van der Waals surface area contributed by atoms with Gasteiger partial charge in [0, 0.05) is 41.3 Å². The van der Waals surface area contributed by atoms with Crippen molar-refractivity contribution in [1.29, 1.82) is 0 Å². The lowest BCUT2D eigenvalue weighted by atomic mass is 9.95. The zero-order valence-electron chi connectivity index (χ0n) is 17.4. The first-order valence-electron chi connectivity index (χ1n) is 10.2. The molecule has 2 amide bonds. The maximum atomic E-state index is 12.8. The standard InChI is InChI=1S/C22H21ClN4O5S/c23-16-3-1-14(2-4-16)20-13-19(26-32-20)22(29)27-11-9-15(10-12-27)21(28)25-17-5-7-18(8-6-17)33(24,30)31/h1-8,13,15H,9-12H2,(H,25,28)(H2,24,30,31). The highest BCUT2D eigenvalue weighted by Gasteiger charge is 2.29. The maximum absolute atomic E-state index is 12.8. The number of nitrogens with zero attached hydrogens (tertiary/aromatic N) is 2. The number of nitrogens with two attached hydrogens (primary N) is 1. The van der Waals surface area contributed by atoms with E-state index in [0.29, 0.717) is 42.4 Å². The van der Waals surface area contributed by atoms with Gasteiger partial charge in [-0.3, -0.25) is 9.59 Å². The molecule has 1 aromatic heterocycles. The van der Waals surface area contributed by atoms with Crippen molar-refractivity contribution in [3.05, 3.63) is 65.3 Å². The Morgan fingerprint density at radius 3 is 2.30 bits per heavy atom. The number of sulfonamides is 1. The lowest BCUT2D eigenvalue weighted by molar-refractivity contribution is -0.121. The van der Waals surface area contributed by atoms with Gasteiger partial charge < -0.3 is 14.7 Å². The summed E-state index contributed by atoms with van der Waals surface area (Å²) in [5.41, 5.74) is 1.44. The molecular weight excluding hydrogens is 468 g/mol. The van der Waals surface area contributed by atoms with Crippen LogP contribution in [0, 0.1) is 5.92 Å². The van der Waals surface area contributed by atoms with Crippen molar-refractivity contribution in [3.63, 3.8) is 0 Å². The van der Waals surface area contributed by atoms with Crippen LogP contribution in [0.25, 0.3) is 11.3 Å². The van der Waals surface area contributed by atoms with Gasteiger partial charge in [-0.25, -0.2) is 13.6 Å². The normalized spacial score (nSPS) is 14.8. The molecule has 1 aliphatic rings. The molecular formula is C22H21ClN4O5S. The van der Waals surface area contributed by atoms with Crippen LogP contribution in [0.3, 0.4) is 0 Å². The molecule has 2 aromatic carbocycles. The largest absolute Gasteiger partial charge is 0.355 e. The third-order valence-electron chi connectivity index (χ3n) is 5.46. The van der Waals surface area contributed by atoms with Crippen LogP contribution in [0.4, 0.5) is 5.69 Å². The van der Waals surface area contributed by atoms with Crippen LogP contribution in [0.1, 0.15) is 23.3 Å². The SMILES string of the molecule is NS(=O)(=O)c1ccc(NC(=O)C2CCN(C(=O)c3cc(-c4ccc(Cl)cc4)on3)CC2)cc1. The zero-order valence-corrected chi connectivity index (χ0v) is 19.0. The number of anilines is 1. The molecule has 33 heavy (non-hydrogen) atoms. The highest BCUT2D eigenvalue weighted by molar-refractivity contribution is 7.89. The molecule has 0 atom stereocenters. The second-order valence-electron chi connectivity index (χ2n) is 7.71. The highest BCUT2D eigenvalue weighted by atomic mass is 35.5. The number of carbonyl (C=O) groups is 2. The topological polar surface area (TPSA) is 136 Å². The molecule has 3 aromatic rings. The predicted octanol–water partition coefficient (Wildman–Crippen LogP) is 3.13. The number of piperidine rings is 1. The summed E-state index contributed by atoms with van der Waals surface area (Å²) in [5, 5.41) is 12.3. The molecule has 0 saturated carbocycles. The van der Waals surface area contributed by atoms with Gasteiger partial charge in [-0.1, -0.05) is 16.8 Å². The summed E-state index contributed by atoms with van der Waals surface area (Å²) in [6.45, 7) is 0.814. The van der Waals surface area contributed by atoms with Gasteiger partial charge in [0.1, 0.15) is 0 Å². The molecule has 4 rings (SSSR count). The molecule has 0 aliphatic carbocycles. The van der Waals surface area contributed by atoms with E-state index in [-0.39, 0.29) is 28.3 Å². The number of aromatic nitrogens is 1. The van der Waals surface area contributed by atoms with Gasteiger partial charge in [0.25, 0.3) is 5.91 Å². The Balaban J connectivity index is 1.32. The summed E-state index contributed by atoms with van der Waals surface area (Å²) in [7, 11) is -3.79. The highest BCUT2D eigenvalue weighted by Crippen LogP contribution is 2.25. The van der Waals surface area contributed by atoms with Crippen molar-refractivity contribution in [3.8, 4) is 11.3 Å². The van der Waals surface area contributed by atoms with E-state index in [4.69, 9.17) is 21.3 Å². The first-order valence-corrected chi connectivity index (χ1v) is 12.1. The number of hydrogen-bond donors (Lipinski definition) is 2. The van der Waals surface area contributed by atoms with Crippen LogP contribution in [0.5, 0.6) is 0 Å². The molecule has 2 heterocycles. The van der Waals surface area contributed by atoms with E-state index < -0.39 is 10.0 Å². The van der Waals surface area contributed by atoms with Crippen LogP contribution >= 0.6 is 11.6 Å². The fourth-order valence-electron chi connectivity index (χ4n) is 3.61. The van der Waals surface area contributed by atoms with Crippen LogP contribution in [0.15, 0.2) is 64.0 Å².